The number of aliphatic hydroxyl groups excluding tert-OH is 2. The number of rotatable bonds is 8. The van der Waals surface area contributed by atoms with E-state index in [4.69, 9.17) is 5.73 Å². The molecule has 10 heteroatoms. The second-order valence-corrected chi connectivity index (χ2v) is 8.94. The third-order valence-electron chi connectivity index (χ3n) is 6.62. The van der Waals surface area contributed by atoms with Gasteiger partial charge >= 0.3 is 0 Å². The fourth-order valence-electron chi connectivity index (χ4n) is 4.63. The average Bonchev–Trinajstić information content (AvgIpc) is 3.25. The van der Waals surface area contributed by atoms with Gasteiger partial charge in [0.25, 0.3) is 5.91 Å². The third kappa shape index (κ3) is 5.09. The largest absolute Gasteiger partial charge is 0.395 e. The minimum absolute atomic E-state index is 0.0265. The number of aliphatic imine (C=N–C) groups is 1. The quantitative estimate of drug-likeness (QED) is 0.437. The first kappa shape index (κ1) is 25.3. The van der Waals surface area contributed by atoms with E-state index in [-0.39, 0.29) is 19.1 Å². The molecule has 36 heavy (non-hydrogen) atoms. The molecule has 190 valence electrons. The van der Waals surface area contributed by atoms with Crippen molar-refractivity contribution in [1.82, 2.24) is 0 Å². The van der Waals surface area contributed by atoms with Crippen molar-refractivity contribution in [2.24, 2.45) is 10.7 Å². The van der Waals surface area contributed by atoms with Crippen molar-refractivity contribution in [3.63, 3.8) is 0 Å². The maximum absolute atomic E-state index is 13.2. The zero-order valence-electron chi connectivity index (χ0n) is 20.2. The molecule has 2 aliphatic rings. The van der Waals surface area contributed by atoms with Crippen LogP contribution < -0.4 is 20.9 Å². The Morgan fingerprint density at radius 2 is 2.00 bits per heavy atom. The van der Waals surface area contributed by atoms with Crippen LogP contribution in [-0.4, -0.2) is 59.6 Å². The molecule has 2 aromatic carbocycles. The molecule has 2 aromatic rings. The summed E-state index contributed by atoms with van der Waals surface area (Å²) >= 11 is 0. The Morgan fingerprint density at radius 3 is 2.75 bits per heavy atom. The van der Waals surface area contributed by atoms with Crippen LogP contribution in [0.15, 0.2) is 41.4 Å². The monoisotopic (exact) mass is 493 g/mol. The van der Waals surface area contributed by atoms with E-state index in [1.165, 1.54) is 4.90 Å². The van der Waals surface area contributed by atoms with E-state index < -0.39 is 24.3 Å². The van der Waals surface area contributed by atoms with Gasteiger partial charge in [-0.15, -0.1) is 0 Å². The molecule has 0 bridgehead atoms. The number of fused-ring (bicyclic) bond motifs is 1. The van der Waals surface area contributed by atoms with Crippen molar-refractivity contribution in [1.29, 1.82) is 0 Å². The number of hydrogen-bond donors (Lipinski definition) is 4. The maximum Gasteiger partial charge on any atom is 0.253 e. The van der Waals surface area contributed by atoms with E-state index in [9.17, 15) is 24.6 Å². The third-order valence-corrected chi connectivity index (χ3v) is 6.62. The lowest BCUT2D eigenvalue weighted by Crippen LogP contribution is -2.41. The standard InChI is InChI=1S/C26H31N5O5/c1-16-18-15-28-25(27)17(18)9-10-19(16)29-26(36)22(33)14-24(35)31(12-13-32)21-7-3-2-6-20(21)30-11-5-4-8-23(30)34/h2-3,6-7,9-10,22,32-33H,4-5,8,11-15H2,1H3,(H2,27,28)(H,29,36)/t22-/m1/s1. The van der Waals surface area contributed by atoms with Crippen molar-refractivity contribution < 1.29 is 24.6 Å². The molecule has 2 aliphatic heterocycles. The summed E-state index contributed by atoms with van der Waals surface area (Å²) < 4.78 is 0. The number of carbonyl (C=O) groups excluding carboxylic acids is 3. The Labute approximate surface area is 209 Å². The molecule has 1 fully saturated rings. The number of amidine groups is 1. The van der Waals surface area contributed by atoms with Gasteiger partial charge < -0.3 is 31.1 Å². The first-order valence-electron chi connectivity index (χ1n) is 12.0. The minimum atomic E-state index is -1.61. The SMILES string of the molecule is Cc1c(NC(=O)[C@H](O)CC(=O)N(CCO)c2ccccc2N2CCCCC2=O)ccc2c1CN=C2N. The summed E-state index contributed by atoms with van der Waals surface area (Å²) in [6.07, 6.45) is 0.00275. The number of piperidine rings is 1. The molecular weight excluding hydrogens is 462 g/mol. The van der Waals surface area contributed by atoms with Crippen molar-refractivity contribution >= 4 is 40.6 Å². The highest BCUT2D eigenvalue weighted by atomic mass is 16.3. The smallest absolute Gasteiger partial charge is 0.253 e. The molecule has 3 amide bonds. The second kappa shape index (κ2) is 10.9. The lowest BCUT2D eigenvalue weighted by molar-refractivity contribution is -0.129. The molecule has 4 rings (SSSR count). The number of nitrogens with one attached hydrogen (secondary N) is 1. The van der Waals surface area contributed by atoms with Gasteiger partial charge in [-0.05, 0) is 55.2 Å². The van der Waals surface area contributed by atoms with Gasteiger partial charge in [-0.2, -0.15) is 0 Å². The predicted octanol–water partition coefficient (Wildman–Crippen LogP) is 1.45. The fraction of sp³-hybridized carbons (Fsp3) is 0.385. The molecule has 2 heterocycles. The van der Waals surface area contributed by atoms with E-state index in [2.05, 4.69) is 10.3 Å². The minimum Gasteiger partial charge on any atom is -0.395 e. The normalized spacial score (nSPS) is 15.8. The highest BCUT2D eigenvalue weighted by Crippen LogP contribution is 2.32. The van der Waals surface area contributed by atoms with Crippen LogP contribution in [-0.2, 0) is 20.9 Å². The number of para-hydroxylation sites is 2. The van der Waals surface area contributed by atoms with E-state index in [1.54, 1.807) is 41.3 Å². The Kier molecular flexibility index (Phi) is 7.66. The molecule has 0 unspecified atom stereocenters. The van der Waals surface area contributed by atoms with Crippen LogP contribution in [0.2, 0.25) is 0 Å². The van der Waals surface area contributed by atoms with Crippen LogP contribution in [0.5, 0.6) is 0 Å². The molecule has 10 nitrogen and oxygen atoms in total. The summed E-state index contributed by atoms with van der Waals surface area (Å²) in [7, 11) is 0. The summed E-state index contributed by atoms with van der Waals surface area (Å²) in [5, 5.41) is 22.9. The summed E-state index contributed by atoms with van der Waals surface area (Å²) in [5.74, 6) is -0.842. The van der Waals surface area contributed by atoms with Crippen molar-refractivity contribution in [3.05, 3.63) is 53.1 Å². The lowest BCUT2D eigenvalue weighted by Gasteiger charge is -2.32. The van der Waals surface area contributed by atoms with E-state index in [1.807, 2.05) is 6.92 Å². The van der Waals surface area contributed by atoms with Crippen molar-refractivity contribution in [2.75, 3.05) is 34.8 Å². The lowest BCUT2D eigenvalue weighted by atomic mass is 10.0. The highest BCUT2D eigenvalue weighted by molar-refractivity contribution is 6.05. The van der Waals surface area contributed by atoms with E-state index >= 15 is 0 Å². The van der Waals surface area contributed by atoms with Gasteiger partial charge in [0, 0.05) is 30.8 Å². The number of aliphatic hydroxyl groups is 2. The van der Waals surface area contributed by atoms with Gasteiger partial charge in [-0.3, -0.25) is 19.4 Å². The number of anilines is 3. The zero-order valence-corrected chi connectivity index (χ0v) is 20.2. The number of hydrogen-bond acceptors (Lipinski definition) is 7. The summed E-state index contributed by atoms with van der Waals surface area (Å²) in [4.78, 5) is 45.7. The molecule has 1 saturated heterocycles. The maximum atomic E-state index is 13.2. The fourth-order valence-corrected chi connectivity index (χ4v) is 4.63. The van der Waals surface area contributed by atoms with Gasteiger partial charge in [0.15, 0.2) is 0 Å². The van der Waals surface area contributed by atoms with Crippen LogP contribution in [0.1, 0.15) is 42.4 Å². The van der Waals surface area contributed by atoms with Gasteiger partial charge in [0.05, 0.1) is 30.9 Å². The van der Waals surface area contributed by atoms with Gasteiger partial charge in [0.1, 0.15) is 11.9 Å². The number of benzene rings is 2. The number of amides is 3. The van der Waals surface area contributed by atoms with Crippen LogP contribution >= 0.6 is 0 Å². The molecule has 0 spiro atoms. The highest BCUT2D eigenvalue weighted by Gasteiger charge is 2.29. The Balaban J connectivity index is 1.49. The van der Waals surface area contributed by atoms with Gasteiger partial charge in [-0.1, -0.05) is 12.1 Å². The first-order valence-corrected chi connectivity index (χ1v) is 12.0. The molecule has 0 radical (unpaired) electrons. The Hall–Kier alpha value is -3.76. The second-order valence-electron chi connectivity index (χ2n) is 8.94. The molecule has 1 atom stereocenters. The van der Waals surface area contributed by atoms with Crippen molar-refractivity contribution in [3.8, 4) is 0 Å². The van der Waals surface area contributed by atoms with Crippen molar-refractivity contribution in [2.45, 2.75) is 45.3 Å². The van der Waals surface area contributed by atoms with Crippen LogP contribution in [0.25, 0.3) is 0 Å². The molecule has 5 N–H and O–H groups in total. The summed E-state index contributed by atoms with van der Waals surface area (Å²) in [6.45, 7) is 2.43. The molecule has 0 saturated carbocycles. The Bertz CT molecular complexity index is 1210. The average molecular weight is 494 g/mol. The Morgan fingerprint density at radius 1 is 1.22 bits per heavy atom. The number of nitrogens with two attached hydrogens (primary N) is 1. The zero-order chi connectivity index (χ0) is 25.8. The molecular formula is C26H31N5O5. The molecule has 0 aliphatic carbocycles. The number of nitrogens with zero attached hydrogens (tertiary/aromatic N) is 3. The van der Waals surface area contributed by atoms with E-state index in [0.29, 0.717) is 42.4 Å². The summed E-state index contributed by atoms with van der Waals surface area (Å²) in [6, 6.07) is 10.4. The van der Waals surface area contributed by atoms with Crippen LogP contribution in [0, 0.1) is 6.92 Å². The van der Waals surface area contributed by atoms with Gasteiger partial charge in [0.2, 0.25) is 11.8 Å². The predicted molar refractivity (Wildman–Crippen MR) is 137 cm³/mol. The summed E-state index contributed by atoms with van der Waals surface area (Å²) in [5.41, 5.74) is 9.94. The van der Waals surface area contributed by atoms with E-state index in [0.717, 1.165) is 29.5 Å². The van der Waals surface area contributed by atoms with Crippen LogP contribution in [0.4, 0.5) is 17.1 Å². The topological polar surface area (TPSA) is 149 Å². The van der Waals surface area contributed by atoms with Crippen LogP contribution in [0.3, 0.4) is 0 Å². The first-order chi connectivity index (χ1) is 17.3. The molecule has 0 aromatic heterocycles. The van der Waals surface area contributed by atoms with Gasteiger partial charge in [-0.25, -0.2) is 0 Å². The number of carbonyl (C=O) groups is 3.